The molecule has 0 heterocycles. The van der Waals surface area contributed by atoms with Crippen molar-refractivity contribution in [3.63, 3.8) is 0 Å². The summed E-state index contributed by atoms with van der Waals surface area (Å²) in [6.07, 6.45) is 1.28. The summed E-state index contributed by atoms with van der Waals surface area (Å²) in [5.74, 6) is -1.35. The average Bonchev–Trinajstić information content (AvgIpc) is 2.93. The Morgan fingerprint density at radius 3 is 2.03 bits per heavy atom. The van der Waals surface area contributed by atoms with Gasteiger partial charge in [-0.2, -0.15) is 5.10 Å². The fraction of sp³-hybridized carbons (Fsp3) is 0. The van der Waals surface area contributed by atoms with E-state index >= 15 is 0 Å². The van der Waals surface area contributed by atoms with E-state index in [4.69, 9.17) is 11.6 Å². The summed E-state index contributed by atoms with van der Waals surface area (Å²) < 4.78 is 3.08. The van der Waals surface area contributed by atoms with Crippen LogP contribution >= 0.6 is 11.6 Å². The number of hydrogen-bond donors (Lipinski definition) is 1. The van der Waals surface area contributed by atoms with Gasteiger partial charge in [0.15, 0.2) is 0 Å². The third-order valence-corrected chi connectivity index (χ3v) is 9.10. The summed E-state index contributed by atoms with van der Waals surface area (Å²) in [7, 11) is 0. The minimum atomic E-state index is -0.688. The molecule has 0 unspecified atom stereocenters. The summed E-state index contributed by atoms with van der Waals surface area (Å²) in [5, 5.41) is 29.4. The number of benzene rings is 5. The van der Waals surface area contributed by atoms with Crippen LogP contribution in [-0.4, -0.2) is 33.3 Å². The second-order valence-corrected chi connectivity index (χ2v) is 12.3. The van der Waals surface area contributed by atoms with Gasteiger partial charge < -0.3 is 10.2 Å². The molecular formula is C30H21ClN2O3Sn. The van der Waals surface area contributed by atoms with E-state index in [1.54, 1.807) is 12.1 Å². The molecular weight excluding hydrogens is 591 g/mol. The third-order valence-electron chi connectivity index (χ3n) is 5.31. The number of amides is 1. The summed E-state index contributed by atoms with van der Waals surface area (Å²) in [5.41, 5.74) is 2.49. The molecule has 0 aliphatic rings. The number of rotatable bonds is 5. The van der Waals surface area contributed by atoms with Gasteiger partial charge in [0.2, 0.25) is 0 Å². The van der Waals surface area contributed by atoms with Crippen molar-refractivity contribution in [1.29, 1.82) is 0 Å². The van der Waals surface area contributed by atoms with E-state index in [0.29, 0.717) is 5.56 Å². The zero-order valence-corrected chi connectivity index (χ0v) is 23.2. The van der Waals surface area contributed by atoms with E-state index in [9.17, 15) is 15.0 Å². The van der Waals surface area contributed by atoms with Gasteiger partial charge in [-0.3, -0.25) is 4.79 Å². The molecule has 0 bridgehead atoms. The zero-order valence-electron chi connectivity index (χ0n) is 19.6. The molecule has 0 aromatic heterocycles. The molecule has 0 saturated carbocycles. The van der Waals surface area contributed by atoms with Crippen LogP contribution in [0.1, 0.15) is 15.9 Å². The van der Waals surface area contributed by atoms with Crippen LogP contribution in [0.4, 0.5) is 0 Å². The van der Waals surface area contributed by atoms with E-state index in [1.165, 1.54) is 37.6 Å². The monoisotopic (exact) mass is 612 g/mol. The first-order valence-corrected chi connectivity index (χ1v) is 14.6. The van der Waals surface area contributed by atoms with E-state index in [0.717, 1.165) is 10.8 Å². The third kappa shape index (κ3) is 7.35. The number of fused-ring (bicyclic) bond motifs is 1. The van der Waals surface area contributed by atoms with E-state index in [2.05, 4.69) is 71.2 Å². The number of hydrazone groups is 1. The van der Waals surface area contributed by atoms with E-state index < -0.39 is 32.8 Å². The second-order valence-electron chi connectivity index (χ2n) is 7.90. The molecule has 0 fully saturated rings. The molecule has 180 valence electrons. The maximum absolute atomic E-state index is 12.0. The Hall–Kier alpha value is -3.81. The van der Waals surface area contributed by atoms with Crippen LogP contribution in [0.2, 0.25) is 5.02 Å². The standard InChI is InChI=1S/C18H13ClN2O3.2C6H5.Sn/c19-12-6-8-16(22)14(9-12)18(24)21-20-10-15-13-4-2-1-3-11(13)5-7-17(15)23;2*1-2-4-6-5-3-1;/h1-10,22-23H,(H,21,24);2*1-5H;/q;;;+2/p-2/b20-10+;;;. The minimum absolute atomic E-state index is 0.111. The van der Waals surface area contributed by atoms with Gasteiger partial charge in [0.1, 0.15) is 0 Å². The van der Waals surface area contributed by atoms with Crippen molar-refractivity contribution in [3.05, 3.63) is 131 Å². The predicted molar refractivity (Wildman–Crippen MR) is 147 cm³/mol. The molecule has 5 aromatic rings. The number of carbonyl (C=O) groups excluding carboxylic acids is 1. The van der Waals surface area contributed by atoms with Crippen LogP contribution in [0.5, 0.6) is 11.5 Å². The van der Waals surface area contributed by atoms with Crippen molar-refractivity contribution in [1.82, 2.24) is 5.43 Å². The first kappa shape index (κ1) is 26.3. The van der Waals surface area contributed by atoms with Gasteiger partial charge in [0.25, 0.3) is 5.91 Å². The Labute approximate surface area is 230 Å². The SMILES string of the molecule is O=C(N/N=C/c1c([O-])ccc2ccccc12)c1cc(Cl)ccc1[O-].c1cc[c]([Sn+2][c]2ccccc2)cc1. The summed E-state index contributed by atoms with van der Waals surface area (Å²) in [6.45, 7) is 0. The van der Waals surface area contributed by atoms with Crippen molar-refractivity contribution < 1.29 is 15.0 Å². The van der Waals surface area contributed by atoms with Crippen LogP contribution in [-0.2, 0) is 0 Å². The van der Waals surface area contributed by atoms with Crippen molar-refractivity contribution in [3.8, 4) is 11.5 Å². The van der Waals surface area contributed by atoms with Gasteiger partial charge in [-0.1, -0.05) is 65.6 Å². The number of carbonyl (C=O) groups is 1. The Balaban J connectivity index is 0.000000207. The van der Waals surface area contributed by atoms with E-state index in [-0.39, 0.29) is 16.3 Å². The first-order chi connectivity index (χ1) is 18.0. The fourth-order valence-corrected chi connectivity index (χ4v) is 6.69. The summed E-state index contributed by atoms with van der Waals surface area (Å²) in [4.78, 5) is 12.0. The molecule has 0 aliphatic carbocycles. The molecule has 0 atom stereocenters. The molecule has 5 aromatic carbocycles. The molecule has 1 amide bonds. The quantitative estimate of drug-likeness (QED) is 0.187. The Morgan fingerprint density at radius 1 is 0.757 bits per heavy atom. The summed E-state index contributed by atoms with van der Waals surface area (Å²) >= 11 is 5.26. The number of nitrogens with zero attached hydrogens (tertiary/aromatic N) is 1. The molecule has 5 rings (SSSR count). The van der Waals surface area contributed by atoms with Crippen LogP contribution < -0.4 is 22.8 Å². The molecule has 0 aliphatic heterocycles. The van der Waals surface area contributed by atoms with Gasteiger partial charge in [0, 0.05) is 10.6 Å². The normalized spacial score (nSPS) is 10.4. The van der Waals surface area contributed by atoms with Crippen LogP contribution in [0.3, 0.4) is 0 Å². The van der Waals surface area contributed by atoms with Gasteiger partial charge in [-0.25, -0.2) is 5.43 Å². The number of hydrogen-bond acceptors (Lipinski definition) is 4. The van der Waals surface area contributed by atoms with E-state index in [1.807, 2.05) is 18.2 Å². The van der Waals surface area contributed by atoms with Crippen molar-refractivity contribution >= 4 is 62.8 Å². The fourth-order valence-electron chi connectivity index (χ4n) is 3.51. The van der Waals surface area contributed by atoms with Gasteiger partial charge in [0.05, 0.1) is 6.21 Å². The molecule has 0 radical (unpaired) electrons. The average molecular weight is 612 g/mol. The first-order valence-electron chi connectivity index (χ1n) is 11.4. The van der Waals surface area contributed by atoms with Gasteiger partial charge in [-0.05, 0) is 28.5 Å². The zero-order chi connectivity index (χ0) is 26.0. The molecule has 5 nitrogen and oxygen atoms in total. The molecule has 7 heteroatoms. The van der Waals surface area contributed by atoms with Gasteiger partial charge in [-0.15, -0.1) is 0 Å². The van der Waals surface area contributed by atoms with Crippen molar-refractivity contribution in [2.75, 3.05) is 0 Å². The van der Waals surface area contributed by atoms with Crippen LogP contribution in [0, 0.1) is 0 Å². The van der Waals surface area contributed by atoms with Crippen LogP contribution in [0.25, 0.3) is 10.8 Å². The molecule has 0 spiro atoms. The van der Waals surface area contributed by atoms with Gasteiger partial charge >= 0.3 is 89.0 Å². The molecule has 37 heavy (non-hydrogen) atoms. The topological polar surface area (TPSA) is 87.6 Å². The van der Waals surface area contributed by atoms with Crippen molar-refractivity contribution in [2.45, 2.75) is 0 Å². The Kier molecular flexibility index (Phi) is 9.18. The number of halogens is 1. The molecule has 0 saturated heterocycles. The maximum atomic E-state index is 12.0. The predicted octanol–water partition coefficient (Wildman–Crippen LogP) is 3.75. The number of nitrogens with one attached hydrogen (secondary N) is 1. The van der Waals surface area contributed by atoms with Crippen molar-refractivity contribution in [2.24, 2.45) is 5.10 Å². The molecule has 1 N–H and O–H groups in total. The van der Waals surface area contributed by atoms with Crippen LogP contribution in [0.15, 0.2) is 120 Å². The Morgan fingerprint density at radius 2 is 1.35 bits per heavy atom. The summed E-state index contributed by atoms with van der Waals surface area (Å²) in [6, 6.07) is 36.0. The second kappa shape index (κ2) is 12.9. The Bertz CT molecular complexity index is 1490.